The summed E-state index contributed by atoms with van der Waals surface area (Å²) >= 11 is 0. The van der Waals surface area contributed by atoms with Crippen molar-refractivity contribution in [3.8, 4) is 16.9 Å². The van der Waals surface area contributed by atoms with E-state index in [1.54, 1.807) is 18.2 Å². The van der Waals surface area contributed by atoms with Crippen LogP contribution in [0.1, 0.15) is 12.5 Å². The summed E-state index contributed by atoms with van der Waals surface area (Å²) in [4.78, 5) is 0. The smallest absolute Gasteiger partial charge is 0.123 e. The van der Waals surface area contributed by atoms with Gasteiger partial charge in [-0.1, -0.05) is 31.2 Å². The first-order chi connectivity index (χ1) is 7.70. The highest BCUT2D eigenvalue weighted by Crippen LogP contribution is 2.30. The number of aromatic hydroxyl groups is 1. The van der Waals surface area contributed by atoms with E-state index < -0.39 is 0 Å². The Morgan fingerprint density at radius 2 is 1.94 bits per heavy atom. The first kappa shape index (κ1) is 10.7. The predicted molar refractivity (Wildman–Crippen MR) is 62.9 cm³/mol. The van der Waals surface area contributed by atoms with Crippen molar-refractivity contribution in [2.75, 3.05) is 0 Å². The van der Waals surface area contributed by atoms with Gasteiger partial charge < -0.3 is 5.11 Å². The molecule has 82 valence electrons. The van der Waals surface area contributed by atoms with Crippen molar-refractivity contribution in [3.05, 3.63) is 53.8 Å². The molecule has 16 heavy (non-hydrogen) atoms. The quantitative estimate of drug-likeness (QED) is 0.810. The van der Waals surface area contributed by atoms with Crippen molar-refractivity contribution in [3.63, 3.8) is 0 Å². The van der Waals surface area contributed by atoms with Gasteiger partial charge >= 0.3 is 0 Å². The second-order valence-corrected chi connectivity index (χ2v) is 3.72. The molecule has 1 nitrogen and oxygen atoms in total. The molecule has 0 aliphatic carbocycles. The Hall–Kier alpha value is -1.83. The van der Waals surface area contributed by atoms with Gasteiger partial charge in [0.2, 0.25) is 0 Å². The fraction of sp³-hybridized carbons (Fsp3) is 0.143. The second-order valence-electron chi connectivity index (χ2n) is 3.72. The van der Waals surface area contributed by atoms with Crippen LogP contribution in [0.5, 0.6) is 5.75 Å². The van der Waals surface area contributed by atoms with Gasteiger partial charge in [0.1, 0.15) is 11.6 Å². The molecule has 1 N–H and O–H groups in total. The molecule has 0 saturated heterocycles. The number of phenolic OH excluding ortho intramolecular Hbond substituents is 1. The minimum absolute atomic E-state index is 0.199. The van der Waals surface area contributed by atoms with E-state index in [-0.39, 0.29) is 11.6 Å². The molecule has 0 aliphatic rings. The summed E-state index contributed by atoms with van der Waals surface area (Å²) in [7, 11) is 0. The summed E-state index contributed by atoms with van der Waals surface area (Å²) < 4.78 is 13.0. The molecule has 0 bridgehead atoms. The lowest BCUT2D eigenvalue weighted by Crippen LogP contribution is -1.84. The zero-order valence-corrected chi connectivity index (χ0v) is 9.07. The Labute approximate surface area is 94.2 Å². The van der Waals surface area contributed by atoms with Gasteiger partial charge in [-0.05, 0) is 35.7 Å². The summed E-state index contributed by atoms with van der Waals surface area (Å²) in [6, 6.07) is 11.7. The van der Waals surface area contributed by atoms with Crippen LogP contribution < -0.4 is 0 Å². The van der Waals surface area contributed by atoms with Crippen molar-refractivity contribution < 1.29 is 9.50 Å². The van der Waals surface area contributed by atoms with E-state index in [1.165, 1.54) is 12.1 Å². The number of halogens is 1. The highest BCUT2D eigenvalue weighted by atomic mass is 19.1. The maximum absolute atomic E-state index is 13.0. The molecular formula is C14H13FO. The molecule has 2 aromatic rings. The van der Waals surface area contributed by atoms with Crippen LogP contribution >= 0.6 is 0 Å². The van der Waals surface area contributed by atoms with Gasteiger partial charge in [-0.25, -0.2) is 4.39 Å². The Morgan fingerprint density at radius 1 is 1.12 bits per heavy atom. The Balaban J connectivity index is 2.48. The summed E-state index contributed by atoms with van der Waals surface area (Å²) in [5.41, 5.74) is 2.43. The average Bonchev–Trinajstić information content (AvgIpc) is 2.28. The first-order valence-electron chi connectivity index (χ1n) is 5.28. The molecular weight excluding hydrogens is 203 g/mol. The van der Waals surface area contributed by atoms with E-state index in [1.807, 2.05) is 19.1 Å². The van der Waals surface area contributed by atoms with Crippen LogP contribution in [0, 0.1) is 5.82 Å². The Morgan fingerprint density at radius 3 is 2.56 bits per heavy atom. The van der Waals surface area contributed by atoms with Gasteiger partial charge in [0.25, 0.3) is 0 Å². The average molecular weight is 216 g/mol. The fourth-order valence-corrected chi connectivity index (χ4v) is 1.70. The van der Waals surface area contributed by atoms with E-state index in [4.69, 9.17) is 0 Å². The standard InChI is InChI=1S/C14H13FO/c1-2-10-6-7-13(14(16)8-10)11-4-3-5-12(15)9-11/h3-9,16H,2H2,1H3. The van der Waals surface area contributed by atoms with Crippen LogP contribution in [-0.2, 0) is 6.42 Å². The van der Waals surface area contributed by atoms with Gasteiger partial charge in [-0.3, -0.25) is 0 Å². The molecule has 0 aromatic heterocycles. The molecule has 0 amide bonds. The number of hydrogen-bond donors (Lipinski definition) is 1. The van der Waals surface area contributed by atoms with Gasteiger partial charge in [0.05, 0.1) is 0 Å². The van der Waals surface area contributed by atoms with Crippen LogP contribution in [0.4, 0.5) is 4.39 Å². The monoisotopic (exact) mass is 216 g/mol. The summed E-state index contributed by atoms with van der Waals surface area (Å²) in [6.07, 6.45) is 0.872. The molecule has 0 saturated carbocycles. The molecule has 0 spiro atoms. The Kier molecular flexibility index (Phi) is 2.91. The van der Waals surface area contributed by atoms with Crippen LogP contribution in [0.15, 0.2) is 42.5 Å². The van der Waals surface area contributed by atoms with Gasteiger partial charge in [-0.15, -0.1) is 0 Å². The van der Waals surface area contributed by atoms with Crippen molar-refractivity contribution in [1.29, 1.82) is 0 Å². The number of rotatable bonds is 2. The van der Waals surface area contributed by atoms with Crippen molar-refractivity contribution in [2.45, 2.75) is 13.3 Å². The molecule has 0 radical (unpaired) electrons. The number of hydrogen-bond acceptors (Lipinski definition) is 1. The fourth-order valence-electron chi connectivity index (χ4n) is 1.70. The molecule has 0 heterocycles. The van der Waals surface area contributed by atoms with Crippen molar-refractivity contribution in [1.82, 2.24) is 0 Å². The highest BCUT2D eigenvalue weighted by Gasteiger charge is 2.05. The van der Waals surface area contributed by atoms with Crippen LogP contribution in [0.25, 0.3) is 11.1 Å². The van der Waals surface area contributed by atoms with Crippen LogP contribution in [0.3, 0.4) is 0 Å². The molecule has 0 aliphatic heterocycles. The van der Waals surface area contributed by atoms with E-state index >= 15 is 0 Å². The lowest BCUT2D eigenvalue weighted by Gasteiger charge is -2.06. The third kappa shape index (κ3) is 2.06. The van der Waals surface area contributed by atoms with Crippen LogP contribution in [0.2, 0.25) is 0 Å². The Bertz CT molecular complexity index is 506. The van der Waals surface area contributed by atoms with E-state index in [2.05, 4.69) is 0 Å². The van der Waals surface area contributed by atoms with E-state index in [9.17, 15) is 9.50 Å². The molecule has 0 atom stereocenters. The minimum Gasteiger partial charge on any atom is -0.507 e. The minimum atomic E-state index is -0.295. The normalized spacial score (nSPS) is 10.4. The number of aryl methyl sites for hydroxylation is 1. The largest absolute Gasteiger partial charge is 0.507 e. The SMILES string of the molecule is CCc1ccc(-c2cccc(F)c2)c(O)c1. The third-order valence-corrected chi connectivity index (χ3v) is 2.61. The molecule has 0 fully saturated rings. The van der Waals surface area contributed by atoms with Gasteiger partial charge in [0, 0.05) is 5.56 Å². The molecule has 2 aromatic carbocycles. The van der Waals surface area contributed by atoms with Crippen molar-refractivity contribution >= 4 is 0 Å². The second kappa shape index (κ2) is 4.35. The zero-order chi connectivity index (χ0) is 11.5. The third-order valence-electron chi connectivity index (χ3n) is 2.61. The highest BCUT2D eigenvalue weighted by molar-refractivity contribution is 5.70. The molecule has 0 unspecified atom stereocenters. The maximum Gasteiger partial charge on any atom is 0.123 e. The lowest BCUT2D eigenvalue weighted by atomic mass is 10.0. The molecule has 2 rings (SSSR count). The van der Waals surface area contributed by atoms with E-state index in [0.717, 1.165) is 12.0 Å². The van der Waals surface area contributed by atoms with E-state index in [0.29, 0.717) is 11.1 Å². The topological polar surface area (TPSA) is 20.2 Å². The van der Waals surface area contributed by atoms with Crippen LogP contribution in [-0.4, -0.2) is 5.11 Å². The number of benzene rings is 2. The first-order valence-corrected chi connectivity index (χ1v) is 5.28. The maximum atomic E-state index is 13.0. The summed E-state index contributed by atoms with van der Waals surface area (Å²) in [6.45, 7) is 2.02. The number of phenols is 1. The lowest BCUT2D eigenvalue weighted by molar-refractivity contribution is 0.476. The zero-order valence-electron chi connectivity index (χ0n) is 9.07. The van der Waals surface area contributed by atoms with Gasteiger partial charge in [0.15, 0.2) is 0 Å². The summed E-state index contributed by atoms with van der Waals surface area (Å²) in [5.74, 6) is -0.0959. The predicted octanol–water partition coefficient (Wildman–Crippen LogP) is 3.76. The summed E-state index contributed by atoms with van der Waals surface area (Å²) in [5, 5.41) is 9.84. The van der Waals surface area contributed by atoms with Crippen molar-refractivity contribution in [2.24, 2.45) is 0 Å². The van der Waals surface area contributed by atoms with Gasteiger partial charge in [-0.2, -0.15) is 0 Å². The molecule has 2 heteroatoms.